The molecule has 1 aliphatic rings. The highest BCUT2D eigenvalue weighted by Crippen LogP contribution is 2.25. The van der Waals surface area contributed by atoms with E-state index in [-0.39, 0.29) is 28.6 Å². The highest BCUT2D eigenvalue weighted by Gasteiger charge is 2.22. The summed E-state index contributed by atoms with van der Waals surface area (Å²) in [5.41, 5.74) is -0.106. The van der Waals surface area contributed by atoms with Gasteiger partial charge in [-0.25, -0.2) is 9.59 Å². The lowest BCUT2D eigenvalue weighted by molar-refractivity contribution is -0.120. The van der Waals surface area contributed by atoms with E-state index in [0.29, 0.717) is 0 Å². The van der Waals surface area contributed by atoms with Crippen molar-refractivity contribution in [1.82, 2.24) is 0 Å². The van der Waals surface area contributed by atoms with Gasteiger partial charge in [0.2, 0.25) is 5.91 Å². The number of aromatic carboxylic acids is 2. The third-order valence-electron chi connectivity index (χ3n) is 3.67. The first-order valence-electron chi connectivity index (χ1n) is 6.90. The molecule has 0 heterocycles. The fraction of sp³-hybridized carbons (Fsp3) is 0.400. The summed E-state index contributed by atoms with van der Waals surface area (Å²) in [7, 11) is 0. The Kier molecular flexibility index (Phi) is 4.57. The standard InChI is InChI=1S/C15H17NO5/c17-13(9-4-2-1-3-5-9)16-12-7-10(14(18)19)6-11(8-12)15(20)21/h6-9H,1-5H2,(H,16,17)(H,18,19)(H,20,21). The van der Waals surface area contributed by atoms with Crippen LogP contribution in [0, 0.1) is 5.92 Å². The second kappa shape index (κ2) is 6.39. The Morgan fingerprint density at radius 3 is 1.90 bits per heavy atom. The summed E-state index contributed by atoms with van der Waals surface area (Å²) in [5.74, 6) is -2.72. The van der Waals surface area contributed by atoms with Crippen LogP contribution < -0.4 is 5.32 Å². The molecule has 112 valence electrons. The number of hydrogen-bond acceptors (Lipinski definition) is 3. The van der Waals surface area contributed by atoms with Crippen molar-refractivity contribution in [1.29, 1.82) is 0 Å². The quantitative estimate of drug-likeness (QED) is 0.791. The number of anilines is 1. The van der Waals surface area contributed by atoms with Gasteiger partial charge in [0.25, 0.3) is 0 Å². The van der Waals surface area contributed by atoms with Crippen LogP contribution in [-0.4, -0.2) is 28.1 Å². The molecule has 0 aliphatic heterocycles. The number of nitrogens with one attached hydrogen (secondary N) is 1. The van der Waals surface area contributed by atoms with Crippen molar-refractivity contribution in [2.24, 2.45) is 5.92 Å². The summed E-state index contributed by atoms with van der Waals surface area (Å²) in [6, 6.07) is 3.62. The lowest BCUT2D eigenvalue weighted by Crippen LogP contribution is -2.25. The molecule has 0 spiro atoms. The Morgan fingerprint density at radius 1 is 0.905 bits per heavy atom. The maximum atomic E-state index is 12.1. The van der Waals surface area contributed by atoms with Gasteiger partial charge in [-0.15, -0.1) is 0 Å². The minimum atomic E-state index is -1.23. The predicted molar refractivity (Wildman–Crippen MR) is 75.6 cm³/mol. The summed E-state index contributed by atoms with van der Waals surface area (Å²) < 4.78 is 0. The average molecular weight is 291 g/mol. The zero-order valence-electron chi connectivity index (χ0n) is 11.5. The molecule has 1 amide bonds. The summed E-state index contributed by atoms with van der Waals surface area (Å²) in [6.07, 6.45) is 4.77. The summed E-state index contributed by atoms with van der Waals surface area (Å²) in [5, 5.41) is 20.6. The van der Waals surface area contributed by atoms with Crippen molar-refractivity contribution < 1.29 is 24.6 Å². The topological polar surface area (TPSA) is 104 Å². The molecule has 6 heteroatoms. The minimum Gasteiger partial charge on any atom is -0.478 e. The minimum absolute atomic E-state index is 0.0829. The SMILES string of the molecule is O=C(O)c1cc(NC(=O)C2CCCCC2)cc(C(=O)O)c1. The molecule has 1 aromatic rings. The third-order valence-corrected chi connectivity index (χ3v) is 3.67. The van der Waals surface area contributed by atoms with E-state index in [1.807, 2.05) is 0 Å². The number of amides is 1. The van der Waals surface area contributed by atoms with Gasteiger partial charge in [0.15, 0.2) is 0 Å². The van der Waals surface area contributed by atoms with Gasteiger partial charge in [-0.05, 0) is 31.0 Å². The van der Waals surface area contributed by atoms with Crippen molar-refractivity contribution in [2.45, 2.75) is 32.1 Å². The monoisotopic (exact) mass is 291 g/mol. The first kappa shape index (κ1) is 15.0. The molecule has 1 aliphatic carbocycles. The Balaban J connectivity index is 2.20. The van der Waals surface area contributed by atoms with Crippen LogP contribution in [0.2, 0.25) is 0 Å². The van der Waals surface area contributed by atoms with Crippen LogP contribution in [-0.2, 0) is 4.79 Å². The zero-order valence-corrected chi connectivity index (χ0v) is 11.5. The summed E-state index contributed by atoms with van der Waals surface area (Å²) in [4.78, 5) is 34.1. The van der Waals surface area contributed by atoms with E-state index < -0.39 is 11.9 Å². The van der Waals surface area contributed by atoms with E-state index in [1.165, 1.54) is 12.1 Å². The van der Waals surface area contributed by atoms with E-state index in [4.69, 9.17) is 10.2 Å². The van der Waals surface area contributed by atoms with Gasteiger partial charge in [0.1, 0.15) is 0 Å². The molecular weight excluding hydrogens is 274 g/mol. The Bertz CT molecular complexity index is 543. The molecule has 1 saturated carbocycles. The molecule has 3 N–H and O–H groups in total. The van der Waals surface area contributed by atoms with E-state index in [1.54, 1.807) is 0 Å². The number of rotatable bonds is 4. The Morgan fingerprint density at radius 2 is 1.43 bits per heavy atom. The van der Waals surface area contributed by atoms with E-state index >= 15 is 0 Å². The Hall–Kier alpha value is -2.37. The van der Waals surface area contributed by atoms with Crippen molar-refractivity contribution in [3.63, 3.8) is 0 Å². The first-order chi connectivity index (χ1) is 9.97. The second-order valence-electron chi connectivity index (χ2n) is 5.23. The largest absolute Gasteiger partial charge is 0.478 e. The normalized spacial score (nSPS) is 15.4. The van der Waals surface area contributed by atoms with Crippen LogP contribution in [0.15, 0.2) is 18.2 Å². The smallest absolute Gasteiger partial charge is 0.335 e. The number of carboxylic acids is 2. The van der Waals surface area contributed by atoms with Crippen LogP contribution in [0.1, 0.15) is 52.8 Å². The molecule has 0 bridgehead atoms. The van der Waals surface area contributed by atoms with Crippen molar-refractivity contribution in [2.75, 3.05) is 5.32 Å². The summed E-state index contributed by atoms with van der Waals surface area (Å²) in [6.45, 7) is 0. The molecule has 0 radical (unpaired) electrons. The number of carboxylic acid groups (broad SMARTS) is 2. The second-order valence-corrected chi connectivity index (χ2v) is 5.23. The highest BCUT2D eigenvalue weighted by atomic mass is 16.4. The molecule has 0 atom stereocenters. The van der Waals surface area contributed by atoms with Gasteiger partial charge in [-0.3, -0.25) is 4.79 Å². The molecule has 0 saturated heterocycles. The molecule has 0 unspecified atom stereocenters. The molecule has 0 aromatic heterocycles. The van der Waals surface area contributed by atoms with Crippen LogP contribution >= 0.6 is 0 Å². The Labute approximate surface area is 121 Å². The van der Waals surface area contributed by atoms with Gasteiger partial charge in [-0.1, -0.05) is 19.3 Å². The van der Waals surface area contributed by atoms with Crippen molar-refractivity contribution >= 4 is 23.5 Å². The van der Waals surface area contributed by atoms with Gasteiger partial charge < -0.3 is 15.5 Å². The maximum Gasteiger partial charge on any atom is 0.335 e. The molecular formula is C15H17NO5. The van der Waals surface area contributed by atoms with Crippen molar-refractivity contribution in [3.05, 3.63) is 29.3 Å². The molecule has 1 fully saturated rings. The van der Waals surface area contributed by atoms with Crippen LogP contribution in [0.4, 0.5) is 5.69 Å². The van der Waals surface area contributed by atoms with Crippen LogP contribution in [0.3, 0.4) is 0 Å². The van der Waals surface area contributed by atoms with Crippen molar-refractivity contribution in [3.8, 4) is 0 Å². The van der Waals surface area contributed by atoms with Gasteiger partial charge in [0.05, 0.1) is 11.1 Å². The number of hydrogen-bond donors (Lipinski definition) is 3. The predicted octanol–water partition coefficient (Wildman–Crippen LogP) is 2.60. The van der Waals surface area contributed by atoms with Gasteiger partial charge >= 0.3 is 11.9 Å². The van der Waals surface area contributed by atoms with E-state index in [2.05, 4.69) is 5.32 Å². The zero-order chi connectivity index (χ0) is 15.4. The molecule has 1 aromatic carbocycles. The van der Waals surface area contributed by atoms with Gasteiger partial charge in [0, 0.05) is 11.6 Å². The van der Waals surface area contributed by atoms with Gasteiger partial charge in [-0.2, -0.15) is 0 Å². The highest BCUT2D eigenvalue weighted by molar-refractivity contribution is 5.99. The average Bonchev–Trinajstić information content (AvgIpc) is 2.47. The summed E-state index contributed by atoms with van der Waals surface area (Å²) >= 11 is 0. The van der Waals surface area contributed by atoms with E-state index in [0.717, 1.165) is 38.2 Å². The molecule has 2 rings (SSSR count). The lowest BCUT2D eigenvalue weighted by Gasteiger charge is -2.20. The number of carbonyl (C=O) groups excluding carboxylic acids is 1. The van der Waals surface area contributed by atoms with Crippen LogP contribution in [0.5, 0.6) is 0 Å². The van der Waals surface area contributed by atoms with E-state index in [9.17, 15) is 14.4 Å². The maximum absolute atomic E-state index is 12.1. The number of benzene rings is 1. The first-order valence-corrected chi connectivity index (χ1v) is 6.90. The molecule has 21 heavy (non-hydrogen) atoms. The number of carbonyl (C=O) groups is 3. The fourth-order valence-corrected chi connectivity index (χ4v) is 2.56. The third kappa shape index (κ3) is 3.81. The lowest BCUT2D eigenvalue weighted by atomic mass is 9.88. The molecule has 6 nitrogen and oxygen atoms in total. The van der Waals surface area contributed by atoms with Crippen LogP contribution in [0.25, 0.3) is 0 Å². The fourth-order valence-electron chi connectivity index (χ4n) is 2.56.